The maximum atomic E-state index is 5.84. The van der Waals surface area contributed by atoms with Crippen LogP contribution in [-0.2, 0) is 0 Å². The number of nitrogens with two attached hydrogens (primary N) is 2. The van der Waals surface area contributed by atoms with Gasteiger partial charge < -0.3 is 16.0 Å². The molecule has 3 rings (SSSR count). The topological polar surface area (TPSA) is 82.8 Å². The lowest BCUT2D eigenvalue weighted by Crippen LogP contribution is -2.12. The Morgan fingerprint density at radius 1 is 1.35 bits per heavy atom. The molecule has 2 aromatic heterocycles. The second-order valence-corrected chi connectivity index (χ2v) is 4.79. The summed E-state index contributed by atoms with van der Waals surface area (Å²) in [6.45, 7) is 0.785. The van der Waals surface area contributed by atoms with Crippen LogP contribution < -0.4 is 11.5 Å². The summed E-state index contributed by atoms with van der Waals surface area (Å²) in [5, 5.41) is 0.948. The van der Waals surface area contributed by atoms with Crippen LogP contribution in [0.4, 0.5) is 5.82 Å². The molecule has 0 aliphatic heterocycles. The average molecular weight is 231 g/mol. The number of hydrogen-bond acceptors (Lipinski definition) is 4. The summed E-state index contributed by atoms with van der Waals surface area (Å²) in [6, 6.07) is 2.51. The average Bonchev–Trinajstić information content (AvgIpc) is 2.94. The molecule has 2 unspecified atom stereocenters. The molecule has 1 fully saturated rings. The van der Waals surface area contributed by atoms with Gasteiger partial charge in [-0.25, -0.2) is 9.97 Å². The summed E-state index contributed by atoms with van der Waals surface area (Å²) in [6.07, 6.45) is 7.13. The highest BCUT2D eigenvalue weighted by Gasteiger charge is 2.26. The molecule has 0 amide bonds. The first kappa shape index (κ1) is 10.5. The minimum Gasteiger partial charge on any atom is -0.383 e. The van der Waals surface area contributed by atoms with Crippen LogP contribution in [0.15, 0.2) is 18.6 Å². The number of rotatable bonds is 2. The van der Waals surface area contributed by atoms with Gasteiger partial charge in [-0.15, -0.1) is 0 Å². The largest absolute Gasteiger partial charge is 0.383 e. The van der Waals surface area contributed by atoms with Gasteiger partial charge in [-0.1, -0.05) is 0 Å². The van der Waals surface area contributed by atoms with Gasteiger partial charge in [-0.3, -0.25) is 0 Å². The molecule has 0 saturated heterocycles. The maximum Gasteiger partial charge on any atom is 0.145 e. The van der Waals surface area contributed by atoms with E-state index >= 15 is 0 Å². The Labute approximate surface area is 99.8 Å². The summed E-state index contributed by atoms with van der Waals surface area (Å²) in [5.74, 6) is 1.21. The van der Waals surface area contributed by atoms with E-state index in [0.29, 0.717) is 17.8 Å². The molecule has 1 aliphatic rings. The standard InChI is InChI=1S/C12H17N5/c13-6-8-1-2-9(5-8)17-4-3-10-11(14)15-7-16-12(10)17/h3-4,7-9H,1-2,5-6,13H2,(H2,14,15,16). The van der Waals surface area contributed by atoms with Gasteiger partial charge in [0, 0.05) is 12.2 Å². The van der Waals surface area contributed by atoms with Gasteiger partial charge >= 0.3 is 0 Å². The van der Waals surface area contributed by atoms with E-state index < -0.39 is 0 Å². The Hall–Kier alpha value is -1.62. The SMILES string of the molecule is NCC1CCC(n2ccc3c(N)ncnc32)C1. The quantitative estimate of drug-likeness (QED) is 0.816. The van der Waals surface area contributed by atoms with Crippen molar-refractivity contribution in [3.8, 4) is 0 Å². The van der Waals surface area contributed by atoms with Crippen LogP contribution in [0.1, 0.15) is 25.3 Å². The van der Waals surface area contributed by atoms with Crippen LogP contribution in [0.2, 0.25) is 0 Å². The molecule has 4 N–H and O–H groups in total. The van der Waals surface area contributed by atoms with Crippen molar-refractivity contribution < 1.29 is 0 Å². The first-order valence-corrected chi connectivity index (χ1v) is 6.06. The fraction of sp³-hybridized carbons (Fsp3) is 0.500. The molecule has 2 atom stereocenters. The van der Waals surface area contributed by atoms with Crippen molar-refractivity contribution in [2.45, 2.75) is 25.3 Å². The van der Waals surface area contributed by atoms with Crippen LogP contribution in [0.5, 0.6) is 0 Å². The predicted octanol–water partition coefficient (Wildman–Crippen LogP) is 1.31. The molecule has 17 heavy (non-hydrogen) atoms. The van der Waals surface area contributed by atoms with Gasteiger partial charge in [0.15, 0.2) is 0 Å². The lowest BCUT2D eigenvalue weighted by molar-refractivity contribution is 0.490. The molecular weight excluding hydrogens is 214 g/mol. The van der Waals surface area contributed by atoms with Crippen molar-refractivity contribution in [2.24, 2.45) is 11.7 Å². The third-order valence-electron chi connectivity index (χ3n) is 3.78. The Morgan fingerprint density at radius 2 is 2.24 bits per heavy atom. The van der Waals surface area contributed by atoms with E-state index in [-0.39, 0.29) is 0 Å². The van der Waals surface area contributed by atoms with E-state index in [1.807, 2.05) is 6.07 Å². The lowest BCUT2D eigenvalue weighted by Gasteiger charge is -2.13. The smallest absolute Gasteiger partial charge is 0.145 e. The zero-order chi connectivity index (χ0) is 11.8. The fourth-order valence-electron chi connectivity index (χ4n) is 2.80. The van der Waals surface area contributed by atoms with Crippen LogP contribution >= 0.6 is 0 Å². The Kier molecular flexibility index (Phi) is 2.48. The van der Waals surface area contributed by atoms with Gasteiger partial charge in [0.25, 0.3) is 0 Å². The van der Waals surface area contributed by atoms with Crippen molar-refractivity contribution in [3.63, 3.8) is 0 Å². The monoisotopic (exact) mass is 231 g/mol. The lowest BCUT2D eigenvalue weighted by atomic mass is 10.1. The minimum atomic E-state index is 0.510. The molecule has 90 valence electrons. The Bertz CT molecular complexity index is 533. The third kappa shape index (κ3) is 1.67. The van der Waals surface area contributed by atoms with Crippen molar-refractivity contribution >= 4 is 16.9 Å². The van der Waals surface area contributed by atoms with Gasteiger partial charge in [0.2, 0.25) is 0 Å². The van der Waals surface area contributed by atoms with Crippen molar-refractivity contribution in [1.82, 2.24) is 14.5 Å². The molecule has 2 heterocycles. The second kappa shape index (κ2) is 4.00. The molecule has 2 aromatic rings. The zero-order valence-electron chi connectivity index (χ0n) is 9.71. The van der Waals surface area contributed by atoms with E-state index in [2.05, 4.69) is 20.7 Å². The van der Waals surface area contributed by atoms with E-state index in [1.54, 1.807) is 0 Å². The summed E-state index contributed by atoms with van der Waals surface area (Å²) >= 11 is 0. The number of nitrogen functional groups attached to an aromatic ring is 1. The van der Waals surface area contributed by atoms with Crippen molar-refractivity contribution in [3.05, 3.63) is 18.6 Å². The highest BCUT2D eigenvalue weighted by molar-refractivity contribution is 5.86. The number of hydrogen-bond donors (Lipinski definition) is 2. The highest BCUT2D eigenvalue weighted by atomic mass is 15.1. The molecule has 1 saturated carbocycles. The summed E-state index contributed by atoms with van der Waals surface area (Å²) < 4.78 is 2.23. The maximum absolute atomic E-state index is 5.84. The van der Waals surface area contributed by atoms with Crippen LogP contribution in [0, 0.1) is 5.92 Å². The fourth-order valence-corrected chi connectivity index (χ4v) is 2.80. The van der Waals surface area contributed by atoms with Gasteiger partial charge in [0.05, 0.1) is 5.39 Å². The van der Waals surface area contributed by atoms with Gasteiger partial charge in [0.1, 0.15) is 17.8 Å². The normalized spacial score (nSPS) is 24.5. The van der Waals surface area contributed by atoms with Gasteiger partial charge in [-0.05, 0) is 37.8 Å². The molecule has 5 heteroatoms. The van der Waals surface area contributed by atoms with E-state index in [1.165, 1.54) is 19.2 Å². The summed E-state index contributed by atoms with van der Waals surface area (Å²) in [4.78, 5) is 8.35. The first-order chi connectivity index (χ1) is 8.29. The molecular formula is C12H17N5. The number of nitrogens with zero attached hydrogens (tertiary/aromatic N) is 3. The summed E-state index contributed by atoms with van der Waals surface area (Å²) in [7, 11) is 0. The van der Waals surface area contributed by atoms with E-state index in [9.17, 15) is 0 Å². The predicted molar refractivity (Wildman–Crippen MR) is 67.4 cm³/mol. The molecule has 0 radical (unpaired) electrons. The molecule has 0 bridgehead atoms. The first-order valence-electron chi connectivity index (χ1n) is 6.06. The molecule has 5 nitrogen and oxygen atoms in total. The van der Waals surface area contributed by atoms with Gasteiger partial charge in [-0.2, -0.15) is 0 Å². The Morgan fingerprint density at radius 3 is 3.00 bits per heavy atom. The molecule has 1 aliphatic carbocycles. The minimum absolute atomic E-state index is 0.510. The number of fused-ring (bicyclic) bond motifs is 1. The third-order valence-corrected chi connectivity index (χ3v) is 3.78. The summed E-state index contributed by atoms with van der Waals surface area (Å²) in [5.41, 5.74) is 12.5. The van der Waals surface area contributed by atoms with Crippen molar-refractivity contribution in [1.29, 1.82) is 0 Å². The van der Waals surface area contributed by atoms with Crippen LogP contribution in [-0.4, -0.2) is 21.1 Å². The van der Waals surface area contributed by atoms with E-state index in [4.69, 9.17) is 11.5 Å². The number of anilines is 1. The second-order valence-electron chi connectivity index (χ2n) is 4.79. The van der Waals surface area contributed by atoms with Crippen LogP contribution in [0.3, 0.4) is 0 Å². The van der Waals surface area contributed by atoms with Crippen molar-refractivity contribution in [2.75, 3.05) is 12.3 Å². The zero-order valence-corrected chi connectivity index (χ0v) is 9.71. The molecule has 0 aromatic carbocycles. The van der Waals surface area contributed by atoms with Crippen LogP contribution in [0.25, 0.3) is 11.0 Å². The molecule has 0 spiro atoms. The Balaban J connectivity index is 1.99. The van der Waals surface area contributed by atoms with E-state index in [0.717, 1.165) is 24.0 Å². The highest BCUT2D eigenvalue weighted by Crippen LogP contribution is 2.36. The number of aromatic nitrogens is 3.